The average Bonchev–Trinajstić information content (AvgIpc) is 2.81. The van der Waals surface area contributed by atoms with Gasteiger partial charge in [0.2, 0.25) is 5.91 Å². The summed E-state index contributed by atoms with van der Waals surface area (Å²) in [7, 11) is 0. The fraction of sp³-hybridized carbons (Fsp3) is 0.500. The lowest BCUT2D eigenvalue weighted by Crippen LogP contribution is -2.47. The van der Waals surface area contributed by atoms with E-state index in [1.807, 2.05) is 0 Å². The first-order valence-corrected chi connectivity index (χ1v) is 5.32. The van der Waals surface area contributed by atoms with Gasteiger partial charge >= 0.3 is 5.97 Å². The van der Waals surface area contributed by atoms with E-state index in [9.17, 15) is 9.59 Å². The Balaban J connectivity index is 2.27. The molecule has 0 aliphatic heterocycles. The molecule has 1 amide bonds. The van der Waals surface area contributed by atoms with Crippen LogP contribution in [-0.2, 0) is 20.7 Å². The summed E-state index contributed by atoms with van der Waals surface area (Å²) in [6.07, 6.45) is 3.82. The third kappa shape index (κ3) is 4.23. The molecule has 0 spiro atoms. The van der Waals surface area contributed by atoms with Crippen molar-refractivity contribution in [2.75, 3.05) is 13.2 Å². The number of aromatic nitrogens is 2. The number of ether oxygens (including phenoxy) is 1. The Hall–Kier alpha value is -1.89. The minimum atomic E-state index is -1.27. The molecule has 1 aromatic heterocycles. The summed E-state index contributed by atoms with van der Waals surface area (Å²) in [4.78, 5) is 29.3. The molecule has 1 rings (SSSR count). The number of imidazole rings is 1. The second-order valence-corrected chi connectivity index (χ2v) is 3.35. The predicted octanol–water partition coefficient (Wildman–Crippen LogP) is -1.04. The quantitative estimate of drug-likeness (QED) is 0.434. The van der Waals surface area contributed by atoms with Crippen LogP contribution in [0.15, 0.2) is 12.5 Å². The summed E-state index contributed by atoms with van der Waals surface area (Å²) >= 11 is 0. The molecule has 0 aliphatic carbocycles. The maximum absolute atomic E-state index is 11.4. The number of hydrogen-bond acceptors (Lipinski definition) is 5. The van der Waals surface area contributed by atoms with Crippen molar-refractivity contribution in [1.82, 2.24) is 15.3 Å². The van der Waals surface area contributed by atoms with Crippen molar-refractivity contribution >= 4 is 11.9 Å². The molecular formula is C10H16N4O3. The highest BCUT2D eigenvalue weighted by molar-refractivity contribution is 6.01. The van der Waals surface area contributed by atoms with Gasteiger partial charge in [0, 0.05) is 24.9 Å². The van der Waals surface area contributed by atoms with Gasteiger partial charge in [0.25, 0.3) is 0 Å². The Labute approximate surface area is 98.7 Å². The summed E-state index contributed by atoms with van der Waals surface area (Å²) in [6.45, 7) is 2.24. The fourth-order valence-electron chi connectivity index (χ4n) is 1.19. The molecule has 17 heavy (non-hydrogen) atoms. The summed E-state index contributed by atoms with van der Waals surface area (Å²) in [5.74, 6) is -1.26. The molecule has 1 heterocycles. The van der Waals surface area contributed by atoms with Gasteiger partial charge in [-0.3, -0.25) is 4.79 Å². The van der Waals surface area contributed by atoms with Gasteiger partial charge in [-0.15, -0.1) is 0 Å². The number of H-pyrrole nitrogens is 1. The molecule has 1 unspecified atom stereocenters. The van der Waals surface area contributed by atoms with Crippen molar-refractivity contribution in [3.63, 3.8) is 0 Å². The summed E-state index contributed by atoms with van der Waals surface area (Å²) in [5, 5.41) is 2.55. The lowest BCUT2D eigenvalue weighted by atomic mass is 10.2. The number of rotatable bonds is 6. The first-order valence-electron chi connectivity index (χ1n) is 5.32. The number of hydrogen-bond donors (Lipinski definition) is 3. The van der Waals surface area contributed by atoms with Crippen molar-refractivity contribution in [2.45, 2.75) is 19.4 Å². The van der Waals surface area contributed by atoms with Crippen LogP contribution in [0, 0.1) is 0 Å². The maximum atomic E-state index is 11.4. The number of carbonyl (C=O) groups is 2. The van der Waals surface area contributed by atoms with Crippen LogP contribution in [0.4, 0.5) is 0 Å². The van der Waals surface area contributed by atoms with Crippen molar-refractivity contribution in [3.8, 4) is 0 Å². The Morgan fingerprint density at radius 1 is 1.65 bits per heavy atom. The number of esters is 1. The number of amides is 1. The largest absolute Gasteiger partial charge is 0.464 e. The van der Waals surface area contributed by atoms with Gasteiger partial charge in [-0.2, -0.15) is 0 Å². The van der Waals surface area contributed by atoms with Crippen LogP contribution >= 0.6 is 0 Å². The van der Waals surface area contributed by atoms with Crippen LogP contribution < -0.4 is 11.1 Å². The van der Waals surface area contributed by atoms with E-state index in [4.69, 9.17) is 5.73 Å². The number of carbonyl (C=O) groups excluding carboxylic acids is 2. The second-order valence-electron chi connectivity index (χ2n) is 3.35. The molecule has 7 nitrogen and oxygen atoms in total. The molecular weight excluding hydrogens is 224 g/mol. The van der Waals surface area contributed by atoms with E-state index < -0.39 is 17.9 Å². The van der Waals surface area contributed by atoms with Gasteiger partial charge in [0.05, 0.1) is 12.9 Å². The van der Waals surface area contributed by atoms with Gasteiger partial charge in [-0.05, 0) is 6.92 Å². The Kier molecular flexibility index (Phi) is 5.15. The van der Waals surface area contributed by atoms with Crippen LogP contribution in [-0.4, -0.2) is 41.0 Å². The molecule has 1 aromatic rings. The van der Waals surface area contributed by atoms with Crippen LogP contribution in [0.25, 0.3) is 0 Å². The second kappa shape index (κ2) is 6.64. The smallest absolute Gasteiger partial charge is 0.332 e. The number of aromatic amines is 1. The molecule has 0 radical (unpaired) electrons. The molecule has 0 fully saturated rings. The van der Waals surface area contributed by atoms with E-state index in [1.165, 1.54) is 0 Å². The summed E-state index contributed by atoms with van der Waals surface area (Å²) < 4.78 is 4.64. The van der Waals surface area contributed by atoms with Crippen LogP contribution in [0.1, 0.15) is 12.6 Å². The van der Waals surface area contributed by atoms with Gasteiger partial charge in [-0.25, -0.2) is 9.78 Å². The number of nitrogens with zero attached hydrogens (tertiary/aromatic N) is 1. The third-order valence-corrected chi connectivity index (χ3v) is 2.07. The maximum Gasteiger partial charge on any atom is 0.332 e. The van der Waals surface area contributed by atoms with E-state index in [0.717, 1.165) is 5.69 Å². The van der Waals surface area contributed by atoms with E-state index in [2.05, 4.69) is 20.0 Å². The highest BCUT2D eigenvalue weighted by atomic mass is 16.5. The van der Waals surface area contributed by atoms with Crippen molar-refractivity contribution in [1.29, 1.82) is 0 Å². The topological polar surface area (TPSA) is 110 Å². The molecule has 7 heteroatoms. The first kappa shape index (κ1) is 13.2. The highest BCUT2D eigenvalue weighted by Gasteiger charge is 2.22. The Bertz CT molecular complexity index is 364. The van der Waals surface area contributed by atoms with Gasteiger partial charge in [0.15, 0.2) is 6.04 Å². The highest BCUT2D eigenvalue weighted by Crippen LogP contribution is 1.91. The van der Waals surface area contributed by atoms with Crippen molar-refractivity contribution < 1.29 is 14.3 Å². The summed E-state index contributed by atoms with van der Waals surface area (Å²) in [6, 6.07) is -1.27. The predicted molar refractivity (Wildman–Crippen MR) is 59.9 cm³/mol. The van der Waals surface area contributed by atoms with E-state index in [0.29, 0.717) is 13.0 Å². The van der Waals surface area contributed by atoms with E-state index in [1.54, 1.807) is 19.4 Å². The van der Waals surface area contributed by atoms with Crippen LogP contribution in [0.5, 0.6) is 0 Å². The van der Waals surface area contributed by atoms with E-state index >= 15 is 0 Å². The van der Waals surface area contributed by atoms with Crippen LogP contribution in [0.3, 0.4) is 0 Å². The van der Waals surface area contributed by atoms with Crippen LogP contribution in [0.2, 0.25) is 0 Å². The number of nitrogens with one attached hydrogen (secondary N) is 2. The third-order valence-electron chi connectivity index (χ3n) is 2.07. The van der Waals surface area contributed by atoms with Crippen molar-refractivity contribution in [2.24, 2.45) is 5.73 Å². The molecule has 0 saturated heterocycles. The lowest BCUT2D eigenvalue weighted by molar-refractivity contribution is -0.147. The molecule has 0 bridgehead atoms. The van der Waals surface area contributed by atoms with Gasteiger partial charge in [0.1, 0.15) is 0 Å². The lowest BCUT2D eigenvalue weighted by Gasteiger charge is -2.10. The zero-order valence-corrected chi connectivity index (χ0v) is 9.60. The van der Waals surface area contributed by atoms with Gasteiger partial charge < -0.3 is 20.8 Å². The zero-order valence-electron chi connectivity index (χ0n) is 9.60. The average molecular weight is 240 g/mol. The molecule has 1 atom stereocenters. The SMILES string of the molecule is CCOC(=O)C(N)C(=O)NCCc1cnc[nH]1. The summed E-state index contributed by atoms with van der Waals surface area (Å²) in [5.41, 5.74) is 6.30. The Morgan fingerprint density at radius 3 is 3.00 bits per heavy atom. The van der Waals surface area contributed by atoms with E-state index in [-0.39, 0.29) is 6.61 Å². The zero-order chi connectivity index (χ0) is 12.7. The normalized spacial score (nSPS) is 11.9. The minimum absolute atomic E-state index is 0.202. The minimum Gasteiger partial charge on any atom is -0.464 e. The van der Waals surface area contributed by atoms with Gasteiger partial charge in [-0.1, -0.05) is 0 Å². The molecule has 4 N–H and O–H groups in total. The standard InChI is InChI=1S/C10H16N4O3/c1-2-17-10(16)8(11)9(15)13-4-3-7-5-12-6-14-7/h5-6,8H,2-4,11H2,1H3,(H,12,14)(H,13,15). The molecule has 0 aliphatic rings. The monoisotopic (exact) mass is 240 g/mol. The Morgan fingerprint density at radius 2 is 2.41 bits per heavy atom. The first-order chi connectivity index (χ1) is 8.15. The molecule has 0 aromatic carbocycles. The van der Waals surface area contributed by atoms with Crippen molar-refractivity contribution in [3.05, 3.63) is 18.2 Å². The molecule has 0 saturated carbocycles. The fourth-order valence-corrected chi connectivity index (χ4v) is 1.19. The number of nitrogens with two attached hydrogens (primary N) is 1. The molecule has 94 valence electrons.